The standard InChI is InChI=1S/C24H30N4O3/c1-5-11-31-19-8-6-7-17(12-19)24(2,3)27-23(29)21-22-26-20(16-9-10-16)13-18(14-30-4)28(22)15-25-21/h6-8,12-13,15-16H,5,9-11,14H2,1-4H3,(H,27,29). The zero-order valence-electron chi connectivity index (χ0n) is 18.6. The number of methoxy groups -OCH3 is 1. The summed E-state index contributed by atoms with van der Waals surface area (Å²) in [6, 6.07) is 9.90. The maximum absolute atomic E-state index is 13.2. The molecule has 4 rings (SSSR count). The second-order valence-corrected chi connectivity index (χ2v) is 8.62. The highest BCUT2D eigenvalue weighted by atomic mass is 16.5. The third kappa shape index (κ3) is 4.56. The SMILES string of the molecule is CCCOc1cccc(C(C)(C)NC(=O)c2ncn3c(COC)cc(C4CC4)nc23)c1. The van der Waals surface area contributed by atoms with E-state index >= 15 is 0 Å². The van der Waals surface area contributed by atoms with Crippen molar-refractivity contribution in [1.29, 1.82) is 0 Å². The van der Waals surface area contributed by atoms with E-state index in [1.807, 2.05) is 42.5 Å². The van der Waals surface area contributed by atoms with E-state index in [0.29, 0.717) is 30.5 Å². The maximum Gasteiger partial charge on any atom is 0.274 e. The zero-order chi connectivity index (χ0) is 22.0. The molecule has 0 bridgehead atoms. The Bertz CT molecular complexity index is 1090. The highest BCUT2D eigenvalue weighted by Gasteiger charge is 2.29. The van der Waals surface area contributed by atoms with Crippen LogP contribution in [0.25, 0.3) is 5.65 Å². The molecule has 1 aromatic carbocycles. The van der Waals surface area contributed by atoms with Gasteiger partial charge in [-0.1, -0.05) is 19.1 Å². The summed E-state index contributed by atoms with van der Waals surface area (Å²) in [5.74, 6) is 1.01. The van der Waals surface area contributed by atoms with Crippen molar-refractivity contribution in [3.05, 3.63) is 59.3 Å². The lowest BCUT2D eigenvalue weighted by molar-refractivity contribution is 0.0908. The number of hydrogen-bond acceptors (Lipinski definition) is 5. The van der Waals surface area contributed by atoms with Gasteiger partial charge in [0, 0.05) is 18.7 Å². The van der Waals surface area contributed by atoms with Gasteiger partial charge in [-0.15, -0.1) is 0 Å². The Morgan fingerprint density at radius 2 is 2.10 bits per heavy atom. The lowest BCUT2D eigenvalue weighted by Crippen LogP contribution is -2.41. The van der Waals surface area contributed by atoms with Crippen molar-refractivity contribution in [3.8, 4) is 5.75 Å². The molecule has 2 heterocycles. The molecule has 3 aromatic rings. The van der Waals surface area contributed by atoms with Crippen LogP contribution in [0.3, 0.4) is 0 Å². The molecule has 1 fully saturated rings. The van der Waals surface area contributed by atoms with E-state index in [-0.39, 0.29) is 5.91 Å². The Hall–Kier alpha value is -2.93. The first-order valence-corrected chi connectivity index (χ1v) is 10.8. The number of fused-ring (bicyclic) bond motifs is 1. The van der Waals surface area contributed by atoms with Crippen LogP contribution in [-0.2, 0) is 16.9 Å². The van der Waals surface area contributed by atoms with E-state index in [1.54, 1.807) is 13.4 Å². The molecule has 1 N–H and O–H groups in total. The third-order valence-corrected chi connectivity index (χ3v) is 5.56. The second kappa shape index (κ2) is 8.67. The fourth-order valence-corrected chi connectivity index (χ4v) is 3.67. The first-order chi connectivity index (χ1) is 14.9. The summed E-state index contributed by atoms with van der Waals surface area (Å²) >= 11 is 0. The van der Waals surface area contributed by atoms with Gasteiger partial charge in [-0.3, -0.25) is 9.20 Å². The van der Waals surface area contributed by atoms with Crippen LogP contribution in [0.4, 0.5) is 0 Å². The average Bonchev–Trinajstić information content (AvgIpc) is 3.51. The Morgan fingerprint density at radius 3 is 2.81 bits per heavy atom. The largest absolute Gasteiger partial charge is 0.494 e. The molecule has 31 heavy (non-hydrogen) atoms. The number of carbonyl (C=O) groups is 1. The van der Waals surface area contributed by atoms with Crippen molar-refractivity contribution < 1.29 is 14.3 Å². The summed E-state index contributed by atoms with van der Waals surface area (Å²) in [6.45, 7) is 7.12. The number of ether oxygens (including phenoxy) is 2. The number of carbonyl (C=O) groups excluding carboxylic acids is 1. The fraction of sp³-hybridized carbons (Fsp3) is 0.458. The summed E-state index contributed by atoms with van der Waals surface area (Å²) in [4.78, 5) is 22.4. The van der Waals surface area contributed by atoms with Gasteiger partial charge in [0.2, 0.25) is 0 Å². The molecule has 1 saturated carbocycles. The van der Waals surface area contributed by atoms with E-state index in [1.165, 1.54) is 0 Å². The monoisotopic (exact) mass is 422 g/mol. The van der Waals surface area contributed by atoms with Crippen LogP contribution < -0.4 is 10.1 Å². The van der Waals surface area contributed by atoms with Gasteiger partial charge in [-0.25, -0.2) is 9.97 Å². The molecule has 0 atom stereocenters. The molecule has 1 aliphatic carbocycles. The first-order valence-electron chi connectivity index (χ1n) is 10.8. The fourth-order valence-electron chi connectivity index (χ4n) is 3.67. The predicted molar refractivity (Wildman–Crippen MR) is 118 cm³/mol. The van der Waals surface area contributed by atoms with Crippen molar-refractivity contribution in [1.82, 2.24) is 19.7 Å². The summed E-state index contributed by atoms with van der Waals surface area (Å²) in [7, 11) is 1.66. The first kappa shape index (κ1) is 21.3. The number of nitrogens with zero attached hydrogens (tertiary/aromatic N) is 3. The Morgan fingerprint density at radius 1 is 1.29 bits per heavy atom. The van der Waals surface area contributed by atoms with E-state index < -0.39 is 5.54 Å². The van der Waals surface area contributed by atoms with Crippen molar-refractivity contribution in [2.45, 2.75) is 58.1 Å². The number of rotatable bonds is 9. The lowest BCUT2D eigenvalue weighted by atomic mass is 9.94. The van der Waals surface area contributed by atoms with E-state index in [4.69, 9.17) is 14.5 Å². The van der Waals surface area contributed by atoms with Crippen LogP contribution >= 0.6 is 0 Å². The minimum atomic E-state index is -0.609. The molecule has 7 nitrogen and oxygen atoms in total. The minimum Gasteiger partial charge on any atom is -0.494 e. The van der Waals surface area contributed by atoms with Crippen LogP contribution in [-0.4, -0.2) is 34.0 Å². The summed E-state index contributed by atoms with van der Waals surface area (Å²) in [6.07, 6.45) is 4.86. The Kier molecular flexibility index (Phi) is 5.96. The molecule has 0 unspecified atom stereocenters. The van der Waals surface area contributed by atoms with Crippen LogP contribution in [0.15, 0.2) is 36.7 Å². The van der Waals surface area contributed by atoms with Gasteiger partial charge in [-0.05, 0) is 56.9 Å². The summed E-state index contributed by atoms with van der Waals surface area (Å²) in [5, 5.41) is 3.12. The van der Waals surface area contributed by atoms with Crippen LogP contribution in [0, 0.1) is 0 Å². The molecule has 0 aliphatic heterocycles. The zero-order valence-corrected chi connectivity index (χ0v) is 18.6. The van der Waals surface area contributed by atoms with Gasteiger partial charge in [-0.2, -0.15) is 0 Å². The van der Waals surface area contributed by atoms with Crippen molar-refractivity contribution in [2.24, 2.45) is 0 Å². The molecule has 0 saturated heterocycles. The highest BCUT2D eigenvalue weighted by Crippen LogP contribution is 2.39. The summed E-state index contributed by atoms with van der Waals surface area (Å²) in [5.41, 5.74) is 3.21. The molecule has 1 amide bonds. The van der Waals surface area contributed by atoms with Crippen molar-refractivity contribution in [3.63, 3.8) is 0 Å². The average molecular weight is 423 g/mol. The van der Waals surface area contributed by atoms with E-state index in [9.17, 15) is 4.79 Å². The van der Waals surface area contributed by atoms with Crippen LogP contribution in [0.2, 0.25) is 0 Å². The topological polar surface area (TPSA) is 77.8 Å². The number of hydrogen-bond donors (Lipinski definition) is 1. The molecule has 7 heteroatoms. The van der Waals surface area contributed by atoms with Crippen LogP contribution in [0.5, 0.6) is 5.75 Å². The number of aromatic nitrogens is 3. The molecule has 164 valence electrons. The maximum atomic E-state index is 13.2. The molecular formula is C24H30N4O3. The lowest BCUT2D eigenvalue weighted by Gasteiger charge is -2.27. The number of benzene rings is 1. The molecular weight excluding hydrogens is 392 g/mol. The predicted octanol–water partition coefficient (Wildman–Crippen LogP) is 4.21. The van der Waals surface area contributed by atoms with E-state index in [0.717, 1.165) is 42.0 Å². The number of amides is 1. The van der Waals surface area contributed by atoms with Crippen molar-refractivity contribution >= 4 is 11.6 Å². The quantitative estimate of drug-likeness (QED) is 0.559. The molecule has 1 aliphatic rings. The minimum absolute atomic E-state index is 0.254. The smallest absolute Gasteiger partial charge is 0.274 e. The Labute approximate surface area is 182 Å². The van der Waals surface area contributed by atoms with Gasteiger partial charge >= 0.3 is 0 Å². The van der Waals surface area contributed by atoms with Gasteiger partial charge in [0.15, 0.2) is 11.3 Å². The molecule has 2 aromatic heterocycles. The van der Waals surface area contributed by atoms with Gasteiger partial charge in [0.05, 0.1) is 24.4 Å². The number of nitrogens with one attached hydrogen (secondary N) is 1. The van der Waals surface area contributed by atoms with Gasteiger partial charge in [0.25, 0.3) is 5.91 Å². The normalized spacial score (nSPS) is 14.1. The van der Waals surface area contributed by atoms with E-state index in [2.05, 4.69) is 23.3 Å². The van der Waals surface area contributed by atoms with Gasteiger partial charge < -0.3 is 14.8 Å². The third-order valence-electron chi connectivity index (χ3n) is 5.56. The molecule has 0 radical (unpaired) electrons. The summed E-state index contributed by atoms with van der Waals surface area (Å²) < 4.78 is 12.9. The Balaban J connectivity index is 1.62. The van der Waals surface area contributed by atoms with Gasteiger partial charge in [0.1, 0.15) is 12.1 Å². The highest BCUT2D eigenvalue weighted by molar-refractivity contribution is 5.98. The van der Waals surface area contributed by atoms with Crippen molar-refractivity contribution in [2.75, 3.05) is 13.7 Å². The van der Waals surface area contributed by atoms with Crippen LogP contribution in [0.1, 0.15) is 73.4 Å². The molecule has 0 spiro atoms. The second-order valence-electron chi connectivity index (χ2n) is 8.62. The number of imidazole rings is 1.